The van der Waals surface area contributed by atoms with Gasteiger partial charge in [-0.1, -0.05) is 12.8 Å². The van der Waals surface area contributed by atoms with Crippen LogP contribution in [0.1, 0.15) is 89.9 Å². The molecule has 6 rings (SSSR count). The molecule has 4 nitrogen and oxygen atoms in total. The summed E-state index contributed by atoms with van der Waals surface area (Å²) in [5.41, 5.74) is 0. The van der Waals surface area contributed by atoms with Gasteiger partial charge in [0.15, 0.2) is 0 Å². The molecule has 6 aliphatic rings. The Kier molecular flexibility index (Phi) is 7.69. The second-order valence-corrected chi connectivity index (χ2v) is 11.2. The van der Waals surface area contributed by atoms with Crippen LogP contribution in [0.2, 0.25) is 0 Å². The van der Waals surface area contributed by atoms with Gasteiger partial charge in [-0.3, -0.25) is 0 Å². The molecule has 6 atom stereocenters. The van der Waals surface area contributed by atoms with E-state index < -0.39 is 0 Å². The molecule has 4 heteroatoms. The highest BCUT2D eigenvalue weighted by Crippen LogP contribution is 2.36. The fraction of sp³-hybridized carbons (Fsp3) is 1.00. The number of piperidine rings is 2. The summed E-state index contributed by atoms with van der Waals surface area (Å²) in [5.74, 6) is 1.95. The lowest BCUT2D eigenvalue weighted by Gasteiger charge is -2.45. The highest BCUT2D eigenvalue weighted by atomic mass is 15.2. The molecule has 0 amide bonds. The first kappa shape index (κ1) is 21.7. The van der Waals surface area contributed by atoms with E-state index in [1.807, 2.05) is 0 Å². The van der Waals surface area contributed by atoms with Crippen molar-refractivity contribution >= 4 is 0 Å². The average Bonchev–Trinajstić information content (AvgIpc) is 3.53. The Morgan fingerprint density at radius 3 is 1.30 bits per heavy atom. The maximum atomic E-state index is 3.75. The van der Waals surface area contributed by atoms with Crippen molar-refractivity contribution < 1.29 is 0 Å². The van der Waals surface area contributed by atoms with Gasteiger partial charge in [0, 0.05) is 24.2 Å². The third-order valence-electron chi connectivity index (χ3n) is 9.51. The van der Waals surface area contributed by atoms with Crippen LogP contribution in [0, 0.1) is 11.8 Å². The molecule has 0 radical (unpaired) electrons. The van der Waals surface area contributed by atoms with Crippen LogP contribution < -0.4 is 10.6 Å². The number of hydrogen-bond donors (Lipinski definition) is 2. The van der Waals surface area contributed by atoms with E-state index in [1.165, 1.54) is 129 Å². The zero-order valence-corrected chi connectivity index (χ0v) is 19.5. The zero-order valence-electron chi connectivity index (χ0n) is 19.5. The normalized spacial score (nSPS) is 42.8. The van der Waals surface area contributed by atoms with E-state index in [1.54, 1.807) is 0 Å². The minimum absolute atomic E-state index is 0.859. The smallest absolute Gasteiger partial charge is 0.0138 e. The first-order valence-corrected chi connectivity index (χ1v) is 13.8. The molecule has 4 heterocycles. The van der Waals surface area contributed by atoms with Crippen molar-refractivity contribution in [2.45, 2.75) is 114 Å². The predicted octanol–water partition coefficient (Wildman–Crippen LogP) is 4.01. The number of nitrogens with one attached hydrogen (secondary N) is 2. The van der Waals surface area contributed by atoms with Gasteiger partial charge in [0.25, 0.3) is 0 Å². The number of fused-ring (bicyclic) bond motifs is 2. The molecule has 2 aliphatic carbocycles. The fourth-order valence-electron chi connectivity index (χ4n) is 8.08. The van der Waals surface area contributed by atoms with Crippen LogP contribution in [0.25, 0.3) is 0 Å². The van der Waals surface area contributed by atoms with E-state index >= 15 is 0 Å². The zero-order chi connectivity index (χ0) is 20.2. The number of rotatable bonds is 2. The fourth-order valence-corrected chi connectivity index (χ4v) is 8.08. The van der Waals surface area contributed by atoms with Gasteiger partial charge in [0.2, 0.25) is 0 Å². The number of likely N-dealkylation sites (tertiary alicyclic amines) is 2. The summed E-state index contributed by atoms with van der Waals surface area (Å²) in [7, 11) is 0. The van der Waals surface area contributed by atoms with E-state index in [0.717, 1.165) is 36.0 Å². The highest BCUT2D eigenvalue weighted by Gasteiger charge is 2.39. The summed E-state index contributed by atoms with van der Waals surface area (Å²) < 4.78 is 0. The quantitative estimate of drug-likeness (QED) is 0.712. The summed E-state index contributed by atoms with van der Waals surface area (Å²) in [6, 6.07) is 3.58. The number of nitrogens with zero attached hydrogens (tertiary/aromatic N) is 2. The maximum absolute atomic E-state index is 3.75. The molecular weight excluding hydrogens is 368 g/mol. The highest BCUT2D eigenvalue weighted by molar-refractivity contribution is 4.96. The van der Waals surface area contributed by atoms with Gasteiger partial charge < -0.3 is 20.4 Å². The van der Waals surface area contributed by atoms with Gasteiger partial charge in [0.1, 0.15) is 0 Å². The van der Waals surface area contributed by atoms with Crippen LogP contribution in [0.4, 0.5) is 0 Å². The Labute approximate surface area is 185 Å². The average molecular weight is 417 g/mol. The van der Waals surface area contributed by atoms with Crippen molar-refractivity contribution in [3.63, 3.8) is 0 Å². The molecule has 0 unspecified atom stereocenters. The van der Waals surface area contributed by atoms with Crippen LogP contribution in [0.5, 0.6) is 0 Å². The first-order chi connectivity index (χ1) is 14.9. The largest absolute Gasteiger partial charge is 0.314 e. The molecule has 2 N–H and O–H groups in total. The Morgan fingerprint density at radius 1 is 0.433 bits per heavy atom. The van der Waals surface area contributed by atoms with Gasteiger partial charge >= 0.3 is 0 Å². The van der Waals surface area contributed by atoms with Gasteiger partial charge in [-0.25, -0.2) is 0 Å². The molecule has 0 spiro atoms. The Morgan fingerprint density at radius 2 is 0.867 bits per heavy atom. The van der Waals surface area contributed by atoms with Crippen molar-refractivity contribution in [1.82, 2.24) is 20.4 Å². The third-order valence-corrected chi connectivity index (χ3v) is 9.51. The molecule has 172 valence electrons. The molecule has 0 bridgehead atoms. The van der Waals surface area contributed by atoms with Crippen molar-refractivity contribution in [3.05, 3.63) is 0 Å². The van der Waals surface area contributed by atoms with E-state index in [4.69, 9.17) is 0 Å². The van der Waals surface area contributed by atoms with E-state index in [9.17, 15) is 0 Å². The van der Waals surface area contributed by atoms with Crippen LogP contribution in [0.15, 0.2) is 0 Å². The standard InChI is InChI=1S/2C13H24N2/c2*1-2-10-15(9-1)13-7-3-6-12-11(13)5-4-8-14-12/h2*11-14H,1-10H2/t2*11-,12-,13+/m10/s1. The van der Waals surface area contributed by atoms with Crippen molar-refractivity contribution in [2.75, 3.05) is 39.3 Å². The lowest BCUT2D eigenvalue weighted by atomic mass is 9.75. The van der Waals surface area contributed by atoms with Crippen molar-refractivity contribution in [1.29, 1.82) is 0 Å². The second-order valence-electron chi connectivity index (χ2n) is 11.2. The summed E-state index contributed by atoms with van der Waals surface area (Å²) in [4.78, 5) is 5.59. The van der Waals surface area contributed by atoms with Crippen molar-refractivity contribution in [3.8, 4) is 0 Å². The summed E-state index contributed by atoms with van der Waals surface area (Å²) in [6.07, 6.45) is 20.3. The molecule has 0 aromatic carbocycles. The molecule has 30 heavy (non-hydrogen) atoms. The summed E-state index contributed by atoms with van der Waals surface area (Å²) >= 11 is 0. The van der Waals surface area contributed by atoms with Crippen LogP contribution >= 0.6 is 0 Å². The summed E-state index contributed by atoms with van der Waals surface area (Å²) in [5, 5.41) is 7.50. The molecule has 0 aromatic heterocycles. The number of hydrogen-bond acceptors (Lipinski definition) is 4. The third kappa shape index (κ3) is 4.92. The predicted molar refractivity (Wildman–Crippen MR) is 126 cm³/mol. The molecule has 4 saturated heterocycles. The molecule has 0 aromatic rings. The van der Waals surface area contributed by atoms with Gasteiger partial charge in [-0.05, 0) is 128 Å². The van der Waals surface area contributed by atoms with Gasteiger partial charge in [0.05, 0.1) is 0 Å². The minimum atomic E-state index is 0.859. The monoisotopic (exact) mass is 416 g/mol. The molecule has 4 aliphatic heterocycles. The molecular formula is C26H48N4. The molecule has 6 fully saturated rings. The SMILES string of the molecule is C1CN[C@@H]2CCC[C@H](N3CCCC3)[C@@H]2C1.C1CN[C@H]2CCC[C@@H](N3CCCC3)[C@H]2C1. The Balaban J connectivity index is 0.000000128. The second kappa shape index (κ2) is 10.6. The first-order valence-electron chi connectivity index (χ1n) is 13.8. The molecule has 2 saturated carbocycles. The van der Waals surface area contributed by atoms with E-state index in [-0.39, 0.29) is 0 Å². The van der Waals surface area contributed by atoms with Crippen LogP contribution in [0.3, 0.4) is 0 Å². The maximum Gasteiger partial charge on any atom is 0.0138 e. The Bertz CT molecular complexity index is 463. The Hall–Kier alpha value is -0.160. The van der Waals surface area contributed by atoms with Crippen molar-refractivity contribution in [2.24, 2.45) is 11.8 Å². The van der Waals surface area contributed by atoms with Gasteiger partial charge in [-0.15, -0.1) is 0 Å². The minimum Gasteiger partial charge on any atom is -0.314 e. The van der Waals surface area contributed by atoms with Gasteiger partial charge in [-0.2, -0.15) is 0 Å². The summed E-state index contributed by atoms with van der Waals surface area (Å²) in [6.45, 7) is 8.07. The van der Waals surface area contributed by atoms with E-state index in [2.05, 4.69) is 20.4 Å². The van der Waals surface area contributed by atoms with E-state index in [0.29, 0.717) is 0 Å². The lowest BCUT2D eigenvalue weighted by Crippen LogP contribution is -2.53. The van der Waals surface area contributed by atoms with Crippen LogP contribution in [-0.4, -0.2) is 73.2 Å². The van der Waals surface area contributed by atoms with Crippen LogP contribution in [-0.2, 0) is 0 Å². The lowest BCUT2D eigenvalue weighted by molar-refractivity contribution is 0.0781. The topological polar surface area (TPSA) is 30.5 Å².